The molecule has 0 spiro atoms. The molecule has 1 aliphatic heterocycles. The lowest BCUT2D eigenvalue weighted by atomic mass is 10.0. The summed E-state index contributed by atoms with van der Waals surface area (Å²) in [7, 11) is 0. The second-order valence-electron chi connectivity index (χ2n) is 2.57. The first-order valence-electron chi connectivity index (χ1n) is 3.23. The maximum Gasteiger partial charge on any atom is 0.418 e. The summed E-state index contributed by atoms with van der Waals surface area (Å²) in [6.07, 6.45) is -17.1. The Labute approximate surface area is 72.5 Å². The van der Waals surface area contributed by atoms with Crippen molar-refractivity contribution < 1.29 is 40.5 Å². The number of rotatable bonds is 0. The van der Waals surface area contributed by atoms with Crippen molar-refractivity contribution >= 4 is 0 Å². The molecule has 0 aromatic rings. The topological polar surface area (TPSA) is 18.5 Å². The van der Waals surface area contributed by atoms with Crippen LogP contribution in [-0.4, -0.2) is 24.8 Å². The smallest absolute Gasteiger partial charge is 0.220 e. The van der Waals surface area contributed by atoms with E-state index in [0.717, 1.165) is 0 Å². The largest absolute Gasteiger partial charge is 0.418 e. The van der Waals surface area contributed by atoms with E-state index in [2.05, 4.69) is 9.78 Å². The summed E-state index contributed by atoms with van der Waals surface area (Å²) >= 11 is 0. The molecule has 3 atom stereocenters. The van der Waals surface area contributed by atoms with Gasteiger partial charge in [0.2, 0.25) is 12.5 Å². The van der Waals surface area contributed by atoms with Crippen LogP contribution in [0, 0.1) is 5.92 Å². The molecule has 0 radical (unpaired) electrons. The molecule has 84 valence electrons. The highest BCUT2D eigenvalue weighted by molar-refractivity contribution is 4.86. The molecule has 0 amide bonds. The maximum absolute atomic E-state index is 12.3. The fourth-order valence-corrected chi connectivity index (χ4v) is 0.948. The minimum absolute atomic E-state index is 3.15. The molecule has 1 fully saturated rings. The number of hydrogen-bond acceptors (Lipinski definition) is 2. The van der Waals surface area contributed by atoms with Crippen molar-refractivity contribution in [2.75, 3.05) is 0 Å². The molecule has 0 bridgehead atoms. The lowest BCUT2D eigenvalue weighted by Gasteiger charge is -2.20. The van der Waals surface area contributed by atoms with Gasteiger partial charge in [-0.15, -0.1) is 0 Å². The van der Waals surface area contributed by atoms with Gasteiger partial charge in [0.15, 0.2) is 5.92 Å². The van der Waals surface area contributed by atoms with Crippen molar-refractivity contribution in [3.8, 4) is 0 Å². The van der Waals surface area contributed by atoms with Crippen molar-refractivity contribution in [1.82, 2.24) is 0 Å². The van der Waals surface area contributed by atoms with Crippen LogP contribution in [0.2, 0.25) is 0 Å². The summed E-state index contributed by atoms with van der Waals surface area (Å²) < 4.78 is 83.5. The third-order valence-electron chi connectivity index (χ3n) is 1.56. The van der Waals surface area contributed by atoms with Crippen LogP contribution in [0.15, 0.2) is 0 Å². The highest BCUT2D eigenvalue weighted by Crippen LogP contribution is 2.45. The van der Waals surface area contributed by atoms with E-state index >= 15 is 0 Å². The standard InChI is InChI=1S/C5H3F7O2/c6-3-1(4(7,8)9)2(13-14-3)5(10,11)12/h1-3H. The van der Waals surface area contributed by atoms with Crippen LogP contribution in [0.1, 0.15) is 0 Å². The normalized spacial score (nSPS) is 34.9. The monoisotopic (exact) mass is 228 g/mol. The van der Waals surface area contributed by atoms with E-state index in [0.29, 0.717) is 0 Å². The molecule has 1 aliphatic rings. The minimum Gasteiger partial charge on any atom is -0.220 e. The SMILES string of the molecule is FC1OOC(C(F)(F)F)C1C(F)(F)F. The van der Waals surface area contributed by atoms with Crippen molar-refractivity contribution in [2.24, 2.45) is 5.92 Å². The average Bonchev–Trinajstić information content (AvgIpc) is 2.27. The van der Waals surface area contributed by atoms with Crippen molar-refractivity contribution in [2.45, 2.75) is 24.8 Å². The van der Waals surface area contributed by atoms with E-state index in [1.54, 1.807) is 0 Å². The predicted molar refractivity (Wildman–Crippen MR) is 26.5 cm³/mol. The highest BCUT2D eigenvalue weighted by Gasteiger charge is 2.65. The lowest BCUT2D eigenvalue weighted by molar-refractivity contribution is -0.359. The van der Waals surface area contributed by atoms with E-state index in [1.807, 2.05) is 0 Å². The zero-order valence-electron chi connectivity index (χ0n) is 6.19. The van der Waals surface area contributed by atoms with Gasteiger partial charge in [-0.25, -0.2) is 9.28 Å². The van der Waals surface area contributed by atoms with E-state index < -0.39 is 30.7 Å². The Morgan fingerprint density at radius 2 is 1.29 bits per heavy atom. The van der Waals surface area contributed by atoms with Gasteiger partial charge >= 0.3 is 12.4 Å². The quantitative estimate of drug-likeness (QED) is 0.468. The van der Waals surface area contributed by atoms with Crippen LogP contribution in [-0.2, 0) is 9.78 Å². The van der Waals surface area contributed by atoms with E-state index in [4.69, 9.17) is 0 Å². The molecule has 0 N–H and O–H groups in total. The Balaban J connectivity index is 2.88. The third kappa shape index (κ3) is 2.08. The van der Waals surface area contributed by atoms with Gasteiger partial charge in [-0.2, -0.15) is 31.2 Å². The van der Waals surface area contributed by atoms with Gasteiger partial charge in [0.05, 0.1) is 0 Å². The second kappa shape index (κ2) is 3.23. The van der Waals surface area contributed by atoms with Gasteiger partial charge in [0.25, 0.3) is 0 Å². The third-order valence-corrected chi connectivity index (χ3v) is 1.56. The molecule has 9 heteroatoms. The molecular formula is C5H3F7O2. The van der Waals surface area contributed by atoms with Crippen LogP contribution in [0.3, 0.4) is 0 Å². The Kier molecular flexibility index (Phi) is 2.65. The highest BCUT2D eigenvalue weighted by atomic mass is 19.4. The number of halogens is 7. The summed E-state index contributed by atoms with van der Waals surface area (Å²) in [6.45, 7) is 0. The molecule has 3 unspecified atom stereocenters. The molecule has 2 nitrogen and oxygen atoms in total. The van der Waals surface area contributed by atoms with Crippen LogP contribution in [0.5, 0.6) is 0 Å². The zero-order valence-corrected chi connectivity index (χ0v) is 6.19. The summed E-state index contributed by atoms with van der Waals surface area (Å²) in [5.41, 5.74) is 0. The Morgan fingerprint density at radius 1 is 0.786 bits per heavy atom. The summed E-state index contributed by atoms with van der Waals surface area (Å²) in [6, 6.07) is 0. The van der Waals surface area contributed by atoms with Crippen LogP contribution >= 0.6 is 0 Å². The van der Waals surface area contributed by atoms with E-state index in [1.165, 1.54) is 0 Å². The van der Waals surface area contributed by atoms with Gasteiger partial charge in [-0.05, 0) is 0 Å². The fourth-order valence-electron chi connectivity index (χ4n) is 0.948. The van der Waals surface area contributed by atoms with Crippen LogP contribution in [0.4, 0.5) is 30.7 Å². The van der Waals surface area contributed by atoms with Crippen LogP contribution < -0.4 is 0 Å². The van der Waals surface area contributed by atoms with Gasteiger partial charge in [-0.1, -0.05) is 0 Å². The number of alkyl halides is 7. The Bertz CT molecular complexity index is 209. The van der Waals surface area contributed by atoms with Crippen molar-refractivity contribution in [3.05, 3.63) is 0 Å². The second-order valence-corrected chi connectivity index (χ2v) is 2.57. The molecule has 1 heterocycles. The molecule has 1 saturated heterocycles. The molecular weight excluding hydrogens is 225 g/mol. The van der Waals surface area contributed by atoms with Gasteiger partial charge in [0.1, 0.15) is 0 Å². The molecule has 0 saturated carbocycles. The fraction of sp³-hybridized carbons (Fsp3) is 1.00. The average molecular weight is 228 g/mol. The summed E-state index contributed by atoms with van der Waals surface area (Å²) in [4.78, 5) is 6.47. The Hall–Kier alpha value is -0.570. The first-order valence-corrected chi connectivity index (χ1v) is 3.23. The molecule has 1 rings (SSSR count). The van der Waals surface area contributed by atoms with Gasteiger partial charge in [0, 0.05) is 0 Å². The van der Waals surface area contributed by atoms with E-state index in [9.17, 15) is 30.7 Å². The maximum atomic E-state index is 12.3. The van der Waals surface area contributed by atoms with Crippen molar-refractivity contribution in [3.63, 3.8) is 0 Å². The zero-order chi connectivity index (χ0) is 11.1. The first-order chi connectivity index (χ1) is 6.14. The summed E-state index contributed by atoms with van der Waals surface area (Å²) in [5, 5.41) is 0. The molecule has 0 aliphatic carbocycles. The lowest BCUT2D eigenvalue weighted by Crippen LogP contribution is -2.43. The number of hydrogen-bond donors (Lipinski definition) is 0. The van der Waals surface area contributed by atoms with E-state index in [-0.39, 0.29) is 0 Å². The predicted octanol–water partition coefficient (Wildman–Crippen LogP) is 2.35. The Morgan fingerprint density at radius 3 is 1.57 bits per heavy atom. The minimum atomic E-state index is -5.36. The first kappa shape index (κ1) is 11.5. The summed E-state index contributed by atoms with van der Waals surface area (Å²) in [5.74, 6) is -3.33. The van der Waals surface area contributed by atoms with Gasteiger partial charge < -0.3 is 0 Å². The van der Waals surface area contributed by atoms with Crippen molar-refractivity contribution in [1.29, 1.82) is 0 Å². The molecule has 0 aromatic carbocycles. The van der Waals surface area contributed by atoms with Crippen LogP contribution in [0.25, 0.3) is 0 Å². The van der Waals surface area contributed by atoms with Gasteiger partial charge in [-0.3, -0.25) is 0 Å². The molecule has 14 heavy (non-hydrogen) atoms. The molecule has 0 aromatic heterocycles.